The van der Waals surface area contributed by atoms with Crippen molar-refractivity contribution in [2.45, 2.75) is 32.7 Å². The molecule has 90 valence electrons. The second-order valence-electron chi connectivity index (χ2n) is 5.06. The number of hydrogen-bond acceptors (Lipinski definition) is 2. The summed E-state index contributed by atoms with van der Waals surface area (Å²) < 4.78 is 0. The average molecular weight is 228 g/mol. The van der Waals surface area contributed by atoms with Crippen LogP contribution < -0.4 is 5.73 Å². The SMILES string of the molecule is CC(C)C(c1ccc2ccccc2n1)C(C)N. The van der Waals surface area contributed by atoms with Crippen LogP contribution in [0, 0.1) is 5.92 Å². The van der Waals surface area contributed by atoms with Gasteiger partial charge in [0.05, 0.1) is 5.52 Å². The summed E-state index contributed by atoms with van der Waals surface area (Å²) in [6, 6.07) is 12.6. The smallest absolute Gasteiger partial charge is 0.0705 e. The number of pyridine rings is 1. The highest BCUT2D eigenvalue weighted by Crippen LogP contribution is 2.27. The average Bonchev–Trinajstić information content (AvgIpc) is 2.28. The van der Waals surface area contributed by atoms with Crippen LogP contribution in [0.1, 0.15) is 32.4 Å². The van der Waals surface area contributed by atoms with Crippen molar-refractivity contribution in [1.29, 1.82) is 0 Å². The largest absolute Gasteiger partial charge is 0.327 e. The predicted octanol–water partition coefficient (Wildman–Crippen LogP) is 3.32. The third-order valence-corrected chi connectivity index (χ3v) is 3.25. The van der Waals surface area contributed by atoms with Gasteiger partial charge in [0.2, 0.25) is 0 Å². The fourth-order valence-electron chi connectivity index (χ4n) is 2.49. The number of nitrogens with two attached hydrogens (primary N) is 1. The van der Waals surface area contributed by atoms with Gasteiger partial charge in [0.25, 0.3) is 0 Å². The molecular formula is C15H20N2. The minimum atomic E-state index is 0.128. The first-order valence-corrected chi connectivity index (χ1v) is 6.21. The van der Waals surface area contributed by atoms with Crippen LogP contribution in [0.4, 0.5) is 0 Å². The lowest BCUT2D eigenvalue weighted by atomic mass is 9.86. The van der Waals surface area contributed by atoms with E-state index >= 15 is 0 Å². The van der Waals surface area contributed by atoms with E-state index in [4.69, 9.17) is 10.7 Å². The number of para-hydroxylation sites is 1. The number of rotatable bonds is 3. The van der Waals surface area contributed by atoms with E-state index in [-0.39, 0.29) is 6.04 Å². The van der Waals surface area contributed by atoms with Gasteiger partial charge in [-0.1, -0.05) is 38.1 Å². The van der Waals surface area contributed by atoms with Gasteiger partial charge in [-0.2, -0.15) is 0 Å². The zero-order valence-electron chi connectivity index (χ0n) is 10.7. The molecule has 2 heteroatoms. The van der Waals surface area contributed by atoms with E-state index in [1.165, 1.54) is 5.39 Å². The zero-order valence-corrected chi connectivity index (χ0v) is 10.7. The van der Waals surface area contributed by atoms with Crippen molar-refractivity contribution in [2.24, 2.45) is 11.7 Å². The van der Waals surface area contributed by atoms with Gasteiger partial charge in [0, 0.05) is 23.0 Å². The Balaban J connectivity index is 2.47. The maximum absolute atomic E-state index is 6.07. The number of nitrogens with zero attached hydrogens (tertiary/aromatic N) is 1. The molecule has 2 atom stereocenters. The maximum atomic E-state index is 6.07. The normalized spacial score (nSPS) is 15.1. The fraction of sp³-hybridized carbons (Fsp3) is 0.400. The van der Waals surface area contributed by atoms with E-state index in [9.17, 15) is 0 Å². The molecule has 1 aromatic carbocycles. The quantitative estimate of drug-likeness (QED) is 0.875. The Morgan fingerprint density at radius 2 is 1.71 bits per heavy atom. The lowest BCUT2D eigenvalue weighted by Crippen LogP contribution is -2.29. The van der Waals surface area contributed by atoms with Crippen LogP contribution in [0.2, 0.25) is 0 Å². The third kappa shape index (κ3) is 2.47. The van der Waals surface area contributed by atoms with E-state index in [1.807, 2.05) is 12.1 Å². The van der Waals surface area contributed by atoms with Gasteiger partial charge in [-0.15, -0.1) is 0 Å². The van der Waals surface area contributed by atoms with Crippen LogP contribution in [0.15, 0.2) is 36.4 Å². The molecule has 0 spiro atoms. The summed E-state index contributed by atoms with van der Waals surface area (Å²) in [4.78, 5) is 4.74. The van der Waals surface area contributed by atoms with Crippen LogP contribution in [0.25, 0.3) is 10.9 Å². The number of aromatic nitrogens is 1. The molecule has 2 N–H and O–H groups in total. The van der Waals surface area contributed by atoms with E-state index < -0.39 is 0 Å². The minimum Gasteiger partial charge on any atom is -0.327 e. The van der Waals surface area contributed by atoms with Gasteiger partial charge in [-0.3, -0.25) is 4.98 Å². The molecule has 0 saturated carbocycles. The molecule has 0 amide bonds. The highest BCUT2D eigenvalue weighted by Gasteiger charge is 2.21. The van der Waals surface area contributed by atoms with Crippen LogP contribution in [0.5, 0.6) is 0 Å². The lowest BCUT2D eigenvalue weighted by molar-refractivity contribution is 0.428. The van der Waals surface area contributed by atoms with Crippen molar-refractivity contribution in [3.63, 3.8) is 0 Å². The Morgan fingerprint density at radius 1 is 1.00 bits per heavy atom. The Hall–Kier alpha value is -1.41. The second-order valence-corrected chi connectivity index (χ2v) is 5.06. The van der Waals surface area contributed by atoms with E-state index in [2.05, 4.69) is 45.0 Å². The van der Waals surface area contributed by atoms with Gasteiger partial charge in [0.15, 0.2) is 0 Å². The molecule has 0 aliphatic rings. The van der Waals surface area contributed by atoms with Crippen molar-refractivity contribution in [1.82, 2.24) is 4.98 Å². The molecule has 17 heavy (non-hydrogen) atoms. The second kappa shape index (κ2) is 4.84. The predicted molar refractivity (Wildman–Crippen MR) is 73.0 cm³/mol. The topological polar surface area (TPSA) is 38.9 Å². The Kier molecular flexibility index (Phi) is 3.43. The summed E-state index contributed by atoms with van der Waals surface area (Å²) in [7, 11) is 0. The van der Waals surface area contributed by atoms with E-state index in [1.54, 1.807) is 0 Å². The van der Waals surface area contributed by atoms with Crippen molar-refractivity contribution < 1.29 is 0 Å². The van der Waals surface area contributed by atoms with Crippen LogP contribution in [-0.4, -0.2) is 11.0 Å². The van der Waals surface area contributed by atoms with E-state index in [0.717, 1.165) is 11.2 Å². The molecule has 0 fully saturated rings. The van der Waals surface area contributed by atoms with Crippen LogP contribution >= 0.6 is 0 Å². The summed E-state index contributed by atoms with van der Waals surface area (Å²) in [5.74, 6) is 0.822. The number of hydrogen-bond donors (Lipinski definition) is 1. The molecule has 2 nitrogen and oxygen atoms in total. The fourth-order valence-corrected chi connectivity index (χ4v) is 2.49. The first-order chi connectivity index (χ1) is 8.09. The van der Waals surface area contributed by atoms with Crippen molar-refractivity contribution in [3.8, 4) is 0 Å². The molecule has 2 rings (SSSR count). The molecule has 2 unspecified atom stereocenters. The zero-order chi connectivity index (χ0) is 12.4. The van der Waals surface area contributed by atoms with Gasteiger partial charge in [-0.25, -0.2) is 0 Å². The van der Waals surface area contributed by atoms with Crippen LogP contribution in [-0.2, 0) is 0 Å². The standard InChI is InChI=1S/C15H20N2/c1-10(2)15(11(3)16)14-9-8-12-6-4-5-7-13(12)17-14/h4-11,15H,16H2,1-3H3. The molecule has 0 saturated heterocycles. The molecule has 0 bridgehead atoms. The Morgan fingerprint density at radius 3 is 2.35 bits per heavy atom. The number of benzene rings is 1. The van der Waals surface area contributed by atoms with E-state index in [0.29, 0.717) is 11.8 Å². The highest BCUT2D eigenvalue weighted by molar-refractivity contribution is 5.78. The molecular weight excluding hydrogens is 208 g/mol. The molecule has 0 radical (unpaired) electrons. The van der Waals surface area contributed by atoms with Crippen molar-refractivity contribution >= 4 is 10.9 Å². The molecule has 0 aliphatic carbocycles. The monoisotopic (exact) mass is 228 g/mol. The van der Waals surface area contributed by atoms with Crippen molar-refractivity contribution in [3.05, 3.63) is 42.1 Å². The number of fused-ring (bicyclic) bond motifs is 1. The first kappa shape index (κ1) is 12.1. The lowest BCUT2D eigenvalue weighted by Gasteiger charge is -2.24. The molecule has 1 aromatic heterocycles. The van der Waals surface area contributed by atoms with Crippen LogP contribution in [0.3, 0.4) is 0 Å². The third-order valence-electron chi connectivity index (χ3n) is 3.25. The van der Waals surface area contributed by atoms with Gasteiger partial charge < -0.3 is 5.73 Å². The molecule has 1 heterocycles. The highest BCUT2D eigenvalue weighted by atomic mass is 14.7. The van der Waals surface area contributed by atoms with Gasteiger partial charge in [-0.05, 0) is 25.0 Å². The van der Waals surface area contributed by atoms with Gasteiger partial charge >= 0.3 is 0 Å². The maximum Gasteiger partial charge on any atom is 0.0705 e. The summed E-state index contributed by atoms with van der Waals surface area (Å²) in [6.07, 6.45) is 0. The first-order valence-electron chi connectivity index (χ1n) is 6.21. The van der Waals surface area contributed by atoms with Gasteiger partial charge in [0.1, 0.15) is 0 Å². The Bertz CT molecular complexity index is 495. The summed E-state index contributed by atoms with van der Waals surface area (Å²) in [6.45, 7) is 6.46. The molecule has 0 aliphatic heterocycles. The Labute approximate surface area is 103 Å². The molecule has 2 aromatic rings. The summed E-state index contributed by atoms with van der Waals surface area (Å²) in [5, 5.41) is 1.18. The summed E-state index contributed by atoms with van der Waals surface area (Å²) in [5.41, 5.74) is 8.23. The minimum absolute atomic E-state index is 0.128. The summed E-state index contributed by atoms with van der Waals surface area (Å²) >= 11 is 0. The van der Waals surface area contributed by atoms with Crippen molar-refractivity contribution in [2.75, 3.05) is 0 Å².